The number of benzene rings is 1. The Bertz CT molecular complexity index is 485. The minimum atomic E-state index is -1.56. The fraction of sp³-hybridized carbons (Fsp3) is 0.462. The summed E-state index contributed by atoms with van der Waals surface area (Å²) >= 11 is 0. The molecule has 1 saturated heterocycles. The molecule has 104 valence electrons. The summed E-state index contributed by atoms with van der Waals surface area (Å²) in [6.45, 7) is 0.221. The lowest BCUT2D eigenvalue weighted by Crippen LogP contribution is -2.43. The highest BCUT2D eigenvalue weighted by Crippen LogP contribution is 2.29. The minimum absolute atomic E-state index is 0.172. The Morgan fingerprint density at radius 1 is 1.37 bits per heavy atom. The number of carboxylic acids is 1. The smallest absolute Gasteiger partial charge is 0.338 e. The average molecular weight is 271 g/mol. The van der Waals surface area contributed by atoms with Crippen LogP contribution >= 0.6 is 0 Å². The second-order valence-corrected chi connectivity index (χ2v) is 4.77. The van der Waals surface area contributed by atoms with Gasteiger partial charge in [0.1, 0.15) is 11.5 Å². The fourth-order valence-electron chi connectivity index (χ4n) is 2.20. The normalized spacial score (nSPS) is 18.4. The van der Waals surface area contributed by atoms with E-state index >= 15 is 0 Å². The Labute approximate surface area is 109 Å². The Morgan fingerprint density at radius 2 is 2.00 bits per heavy atom. The molecule has 0 bridgehead atoms. The largest absolute Gasteiger partial charge is 0.478 e. The van der Waals surface area contributed by atoms with Gasteiger partial charge in [-0.05, 0) is 18.2 Å². The Morgan fingerprint density at radius 3 is 2.47 bits per heavy atom. The summed E-state index contributed by atoms with van der Waals surface area (Å²) in [6, 6.07) is 3.86. The molecule has 1 aliphatic rings. The van der Waals surface area contributed by atoms with E-state index in [1.807, 2.05) is 0 Å². The lowest BCUT2D eigenvalue weighted by atomic mass is 9.94. The molecule has 0 amide bonds. The number of hydrogen-bond acceptors (Lipinski definition) is 3. The predicted molar refractivity (Wildman–Crippen MR) is 65.7 cm³/mol. The van der Waals surface area contributed by atoms with Crippen molar-refractivity contribution in [3.8, 4) is 0 Å². The summed E-state index contributed by atoms with van der Waals surface area (Å²) in [5, 5.41) is 17.7. The first-order chi connectivity index (χ1) is 8.95. The second kappa shape index (κ2) is 5.13. The van der Waals surface area contributed by atoms with Crippen LogP contribution < -0.4 is 4.90 Å². The molecule has 0 radical (unpaired) electrons. The molecule has 6 heteroatoms. The van der Waals surface area contributed by atoms with Crippen LogP contribution in [-0.4, -0.2) is 41.5 Å². The van der Waals surface area contributed by atoms with Crippen LogP contribution in [0, 0.1) is 5.82 Å². The highest BCUT2D eigenvalue weighted by atomic mass is 19.1. The van der Waals surface area contributed by atoms with E-state index in [0.717, 1.165) is 6.07 Å². The number of aliphatic hydroxyl groups excluding tert-OH is 1. The molecule has 1 aromatic carbocycles. The van der Waals surface area contributed by atoms with E-state index in [1.54, 1.807) is 4.90 Å². The first-order valence-electron chi connectivity index (χ1n) is 6.03. The summed E-state index contributed by atoms with van der Waals surface area (Å²) < 4.78 is 27.4. The van der Waals surface area contributed by atoms with E-state index < -0.39 is 24.1 Å². The molecule has 4 nitrogen and oxygen atoms in total. The van der Waals surface area contributed by atoms with E-state index in [0.29, 0.717) is 18.8 Å². The third-order valence-corrected chi connectivity index (χ3v) is 3.49. The molecule has 0 saturated carbocycles. The molecule has 1 heterocycles. The topological polar surface area (TPSA) is 60.8 Å². The number of aliphatic hydroxyl groups is 1. The van der Waals surface area contributed by atoms with Crippen molar-refractivity contribution in [1.82, 2.24) is 0 Å². The van der Waals surface area contributed by atoms with Crippen molar-refractivity contribution < 1.29 is 23.8 Å². The van der Waals surface area contributed by atoms with E-state index in [1.165, 1.54) is 12.1 Å². The lowest BCUT2D eigenvalue weighted by Gasteiger charge is -2.36. The maximum absolute atomic E-state index is 13.8. The average Bonchev–Trinajstić information content (AvgIpc) is 2.39. The number of carbonyl (C=O) groups is 1. The van der Waals surface area contributed by atoms with Crippen molar-refractivity contribution in [2.75, 3.05) is 24.6 Å². The van der Waals surface area contributed by atoms with Crippen LogP contribution in [0.2, 0.25) is 0 Å². The van der Waals surface area contributed by atoms with Crippen molar-refractivity contribution in [2.24, 2.45) is 0 Å². The van der Waals surface area contributed by atoms with Crippen LogP contribution in [0.5, 0.6) is 0 Å². The highest BCUT2D eigenvalue weighted by Gasteiger charge is 2.34. The van der Waals surface area contributed by atoms with Crippen molar-refractivity contribution in [2.45, 2.75) is 18.5 Å². The standard InChI is InChI=1S/C13H15F2NO3/c14-11-7-9(1-2-10(11)12(18)19)16-5-3-13(15,8-17)4-6-16/h1-2,7,17H,3-6,8H2,(H,18,19). The van der Waals surface area contributed by atoms with Gasteiger partial charge in [-0.3, -0.25) is 0 Å². The van der Waals surface area contributed by atoms with Crippen molar-refractivity contribution in [1.29, 1.82) is 0 Å². The number of hydrogen-bond donors (Lipinski definition) is 2. The van der Waals surface area contributed by atoms with Gasteiger partial charge in [0, 0.05) is 31.6 Å². The van der Waals surface area contributed by atoms with Gasteiger partial charge in [0.05, 0.1) is 12.2 Å². The highest BCUT2D eigenvalue weighted by molar-refractivity contribution is 5.88. The van der Waals surface area contributed by atoms with Crippen LogP contribution in [0.25, 0.3) is 0 Å². The van der Waals surface area contributed by atoms with Crippen LogP contribution in [0.1, 0.15) is 23.2 Å². The van der Waals surface area contributed by atoms with Gasteiger partial charge in [0.25, 0.3) is 0 Å². The molecule has 2 N–H and O–H groups in total. The number of aromatic carboxylic acids is 1. The van der Waals surface area contributed by atoms with Gasteiger partial charge in [-0.2, -0.15) is 0 Å². The summed E-state index contributed by atoms with van der Waals surface area (Å²) in [7, 11) is 0. The zero-order valence-corrected chi connectivity index (χ0v) is 10.3. The number of carboxylic acid groups (broad SMARTS) is 1. The van der Waals surface area contributed by atoms with E-state index in [-0.39, 0.29) is 18.4 Å². The first kappa shape index (κ1) is 13.7. The quantitative estimate of drug-likeness (QED) is 0.880. The van der Waals surface area contributed by atoms with Crippen molar-refractivity contribution in [3.63, 3.8) is 0 Å². The van der Waals surface area contributed by atoms with Gasteiger partial charge >= 0.3 is 5.97 Å². The molecule has 1 aliphatic heterocycles. The maximum atomic E-state index is 13.8. The third-order valence-electron chi connectivity index (χ3n) is 3.49. The Balaban J connectivity index is 2.12. The van der Waals surface area contributed by atoms with E-state index in [2.05, 4.69) is 0 Å². The van der Waals surface area contributed by atoms with Crippen LogP contribution in [-0.2, 0) is 0 Å². The summed E-state index contributed by atoms with van der Waals surface area (Å²) in [4.78, 5) is 12.5. The summed E-state index contributed by atoms with van der Waals surface area (Å²) in [5.41, 5.74) is -1.41. The van der Waals surface area contributed by atoms with E-state index in [9.17, 15) is 13.6 Å². The number of nitrogens with zero attached hydrogens (tertiary/aromatic N) is 1. The number of anilines is 1. The van der Waals surface area contributed by atoms with Crippen molar-refractivity contribution >= 4 is 11.7 Å². The van der Waals surface area contributed by atoms with Gasteiger partial charge in [0.2, 0.25) is 0 Å². The van der Waals surface area contributed by atoms with Gasteiger partial charge in [0.15, 0.2) is 0 Å². The van der Waals surface area contributed by atoms with Crippen LogP contribution in [0.3, 0.4) is 0 Å². The molecule has 0 unspecified atom stereocenters. The SMILES string of the molecule is O=C(O)c1ccc(N2CCC(F)(CO)CC2)cc1F. The van der Waals surface area contributed by atoms with Gasteiger partial charge < -0.3 is 15.1 Å². The van der Waals surface area contributed by atoms with Crippen LogP contribution in [0.4, 0.5) is 14.5 Å². The molecule has 1 fully saturated rings. The molecule has 19 heavy (non-hydrogen) atoms. The Kier molecular flexibility index (Phi) is 3.71. The Hall–Kier alpha value is -1.69. The third kappa shape index (κ3) is 2.84. The second-order valence-electron chi connectivity index (χ2n) is 4.77. The lowest BCUT2D eigenvalue weighted by molar-refractivity contribution is 0.0481. The zero-order chi connectivity index (χ0) is 14.0. The zero-order valence-electron chi connectivity index (χ0n) is 10.3. The van der Waals surface area contributed by atoms with Gasteiger partial charge in [-0.15, -0.1) is 0 Å². The number of alkyl halides is 1. The molecule has 0 spiro atoms. The summed E-state index contributed by atoms with van der Waals surface area (Å²) in [5.74, 6) is -2.12. The van der Waals surface area contributed by atoms with Crippen LogP contribution in [0.15, 0.2) is 18.2 Å². The predicted octanol–water partition coefficient (Wildman–Crippen LogP) is 1.82. The number of halogens is 2. The maximum Gasteiger partial charge on any atom is 0.338 e. The fourth-order valence-corrected chi connectivity index (χ4v) is 2.20. The molecule has 0 aromatic heterocycles. The first-order valence-corrected chi connectivity index (χ1v) is 6.03. The van der Waals surface area contributed by atoms with E-state index in [4.69, 9.17) is 10.2 Å². The molecular weight excluding hydrogens is 256 g/mol. The number of piperidine rings is 1. The monoisotopic (exact) mass is 271 g/mol. The number of rotatable bonds is 3. The molecular formula is C13H15F2NO3. The molecule has 1 aromatic rings. The summed E-state index contributed by atoms with van der Waals surface area (Å²) in [6.07, 6.45) is 0.345. The molecule has 2 rings (SSSR count). The van der Waals surface area contributed by atoms with Gasteiger partial charge in [-0.1, -0.05) is 0 Å². The molecule has 0 aliphatic carbocycles. The minimum Gasteiger partial charge on any atom is -0.478 e. The van der Waals surface area contributed by atoms with Crippen molar-refractivity contribution in [3.05, 3.63) is 29.6 Å². The molecule has 0 atom stereocenters. The van der Waals surface area contributed by atoms with Gasteiger partial charge in [-0.25, -0.2) is 13.6 Å².